The van der Waals surface area contributed by atoms with Gasteiger partial charge in [0.2, 0.25) is 10.0 Å². The predicted molar refractivity (Wildman–Crippen MR) is 83.9 cm³/mol. The molecule has 120 valence electrons. The molecule has 0 amide bonds. The Bertz CT molecular complexity index is 683. The molecule has 1 aromatic carbocycles. The van der Waals surface area contributed by atoms with Gasteiger partial charge in [-0.05, 0) is 18.4 Å². The number of nitrogens with one attached hydrogen (secondary N) is 1. The zero-order valence-electron chi connectivity index (χ0n) is 12.5. The Hall–Kier alpha value is -1.70. The lowest BCUT2D eigenvalue weighted by atomic mass is 10.2. The molecule has 0 aliphatic rings. The maximum atomic E-state index is 12.1. The van der Waals surface area contributed by atoms with Crippen molar-refractivity contribution in [3.63, 3.8) is 0 Å². The average molecular weight is 323 g/mol. The minimum absolute atomic E-state index is 0.134. The molecule has 0 fully saturated rings. The summed E-state index contributed by atoms with van der Waals surface area (Å²) in [5.74, 6) is 0. The van der Waals surface area contributed by atoms with Crippen LogP contribution in [0.15, 0.2) is 47.6 Å². The highest BCUT2D eigenvalue weighted by Crippen LogP contribution is 2.09. The van der Waals surface area contributed by atoms with Crippen LogP contribution in [0.2, 0.25) is 0 Å². The van der Waals surface area contributed by atoms with Crippen molar-refractivity contribution in [1.82, 2.24) is 14.5 Å². The summed E-state index contributed by atoms with van der Waals surface area (Å²) in [6.45, 7) is 2.58. The topological polar surface area (TPSA) is 84.2 Å². The fourth-order valence-electron chi connectivity index (χ4n) is 1.99. The Labute approximate surface area is 130 Å². The van der Waals surface area contributed by atoms with Crippen LogP contribution >= 0.6 is 0 Å². The van der Waals surface area contributed by atoms with E-state index in [0.29, 0.717) is 19.4 Å². The summed E-state index contributed by atoms with van der Waals surface area (Å²) in [7, 11) is -3.58. The molecule has 6 nitrogen and oxygen atoms in total. The molecule has 22 heavy (non-hydrogen) atoms. The molecule has 0 saturated carbocycles. The second-order valence-electron chi connectivity index (χ2n) is 5.11. The Balaban J connectivity index is 1.97. The molecule has 2 N–H and O–H groups in total. The predicted octanol–water partition coefficient (Wildman–Crippen LogP) is 1.37. The molecule has 0 aliphatic carbocycles. The van der Waals surface area contributed by atoms with Gasteiger partial charge in [0.25, 0.3) is 0 Å². The zero-order valence-corrected chi connectivity index (χ0v) is 13.3. The minimum Gasteiger partial charge on any atom is -0.393 e. The summed E-state index contributed by atoms with van der Waals surface area (Å²) in [5, 5.41) is 13.5. The number of rotatable bonds is 8. The van der Waals surface area contributed by atoms with Crippen LogP contribution in [0.25, 0.3) is 0 Å². The number of aromatic nitrogens is 2. The number of sulfonamides is 1. The van der Waals surface area contributed by atoms with Gasteiger partial charge in [0.1, 0.15) is 4.90 Å². The van der Waals surface area contributed by atoms with Crippen LogP contribution < -0.4 is 4.72 Å². The van der Waals surface area contributed by atoms with Crippen molar-refractivity contribution in [3.05, 3.63) is 48.3 Å². The van der Waals surface area contributed by atoms with E-state index >= 15 is 0 Å². The molecule has 1 heterocycles. The van der Waals surface area contributed by atoms with Crippen LogP contribution in [0.1, 0.15) is 25.3 Å². The first-order valence-electron chi connectivity index (χ1n) is 7.25. The van der Waals surface area contributed by atoms with Gasteiger partial charge in [0, 0.05) is 12.7 Å². The lowest BCUT2D eigenvalue weighted by molar-refractivity contribution is 0.162. The van der Waals surface area contributed by atoms with Gasteiger partial charge in [-0.3, -0.25) is 4.68 Å². The monoisotopic (exact) mass is 323 g/mol. The van der Waals surface area contributed by atoms with Crippen LogP contribution in [0.3, 0.4) is 0 Å². The molecule has 2 rings (SSSR count). The van der Waals surface area contributed by atoms with Crippen molar-refractivity contribution in [3.8, 4) is 0 Å². The third-order valence-electron chi connectivity index (χ3n) is 3.35. The van der Waals surface area contributed by atoms with Gasteiger partial charge in [-0.15, -0.1) is 0 Å². The lowest BCUT2D eigenvalue weighted by Gasteiger charge is -2.08. The summed E-state index contributed by atoms with van der Waals surface area (Å²) >= 11 is 0. The normalized spacial score (nSPS) is 13.2. The van der Waals surface area contributed by atoms with Crippen LogP contribution in [0.4, 0.5) is 0 Å². The van der Waals surface area contributed by atoms with E-state index in [9.17, 15) is 13.5 Å². The standard InChI is InChI=1S/C15H21N3O3S/c1-2-14(19)8-9-17-22(20,21)15-10-16-18(12-15)11-13-6-4-3-5-7-13/h3-7,10,12,14,17,19H,2,8-9,11H2,1H3. The second kappa shape index (κ2) is 7.53. The highest BCUT2D eigenvalue weighted by atomic mass is 32.2. The van der Waals surface area contributed by atoms with Crippen molar-refractivity contribution in [2.75, 3.05) is 6.54 Å². The van der Waals surface area contributed by atoms with E-state index in [4.69, 9.17) is 0 Å². The molecule has 1 aromatic heterocycles. The number of benzene rings is 1. The van der Waals surface area contributed by atoms with Crippen molar-refractivity contribution in [2.45, 2.75) is 37.3 Å². The summed E-state index contributed by atoms with van der Waals surface area (Å²) < 4.78 is 28.3. The van der Waals surface area contributed by atoms with Crippen LogP contribution in [0, 0.1) is 0 Å². The summed E-state index contributed by atoms with van der Waals surface area (Å²) in [6.07, 6.45) is 3.36. The first-order valence-corrected chi connectivity index (χ1v) is 8.73. The van der Waals surface area contributed by atoms with E-state index in [1.54, 1.807) is 4.68 Å². The Morgan fingerprint density at radius 1 is 1.32 bits per heavy atom. The van der Waals surface area contributed by atoms with Crippen molar-refractivity contribution in [2.24, 2.45) is 0 Å². The first kappa shape index (κ1) is 16.7. The van der Waals surface area contributed by atoms with Crippen molar-refractivity contribution >= 4 is 10.0 Å². The Morgan fingerprint density at radius 2 is 2.05 bits per heavy atom. The van der Waals surface area contributed by atoms with Crippen molar-refractivity contribution < 1.29 is 13.5 Å². The fourth-order valence-corrected chi connectivity index (χ4v) is 2.99. The van der Waals surface area contributed by atoms with Gasteiger partial charge in [-0.1, -0.05) is 37.3 Å². The average Bonchev–Trinajstić information content (AvgIpc) is 2.97. The van der Waals surface area contributed by atoms with E-state index in [1.165, 1.54) is 12.4 Å². The summed E-state index contributed by atoms with van der Waals surface area (Å²) in [5.41, 5.74) is 1.05. The van der Waals surface area contributed by atoms with E-state index in [1.807, 2.05) is 37.3 Å². The van der Waals surface area contributed by atoms with Crippen molar-refractivity contribution in [1.29, 1.82) is 0 Å². The highest BCUT2D eigenvalue weighted by Gasteiger charge is 2.16. The SMILES string of the molecule is CCC(O)CCNS(=O)(=O)c1cnn(Cc2ccccc2)c1. The fraction of sp³-hybridized carbons (Fsp3) is 0.400. The molecule has 1 atom stereocenters. The van der Waals surface area contributed by atoms with Gasteiger partial charge in [-0.2, -0.15) is 5.10 Å². The Kier molecular flexibility index (Phi) is 5.70. The molecule has 2 aromatic rings. The molecule has 0 saturated heterocycles. The second-order valence-corrected chi connectivity index (χ2v) is 6.87. The van der Waals surface area contributed by atoms with E-state index in [2.05, 4.69) is 9.82 Å². The molecule has 1 unspecified atom stereocenters. The highest BCUT2D eigenvalue weighted by molar-refractivity contribution is 7.89. The van der Waals surface area contributed by atoms with Gasteiger partial charge < -0.3 is 5.11 Å². The number of hydrogen-bond donors (Lipinski definition) is 2. The van der Waals surface area contributed by atoms with E-state index in [-0.39, 0.29) is 11.4 Å². The molecule has 0 bridgehead atoms. The third kappa shape index (κ3) is 4.66. The molecule has 7 heteroatoms. The van der Waals surface area contributed by atoms with Gasteiger partial charge >= 0.3 is 0 Å². The number of nitrogens with zero attached hydrogens (tertiary/aromatic N) is 2. The van der Waals surface area contributed by atoms with Gasteiger partial charge in [0.05, 0.1) is 18.8 Å². The van der Waals surface area contributed by atoms with Gasteiger partial charge in [-0.25, -0.2) is 13.1 Å². The summed E-state index contributed by atoms with van der Waals surface area (Å²) in [4.78, 5) is 0.134. The zero-order chi connectivity index (χ0) is 16.0. The maximum Gasteiger partial charge on any atom is 0.243 e. The molecular weight excluding hydrogens is 302 g/mol. The summed E-state index contributed by atoms with van der Waals surface area (Å²) in [6, 6.07) is 9.70. The third-order valence-corrected chi connectivity index (χ3v) is 4.76. The molecule has 0 radical (unpaired) electrons. The minimum atomic E-state index is -3.58. The Morgan fingerprint density at radius 3 is 2.73 bits per heavy atom. The van der Waals surface area contributed by atoms with Crippen LogP contribution in [0.5, 0.6) is 0 Å². The van der Waals surface area contributed by atoms with Gasteiger partial charge in [0.15, 0.2) is 0 Å². The smallest absolute Gasteiger partial charge is 0.243 e. The lowest BCUT2D eigenvalue weighted by Crippen LogP contribution is -2.27. The molecular formula is C15H21N3O3S. The number of aliphatic hydroxyl groups is 1. The first-order chi connectivity index (χ1) is 10.5. The maximum absolute atomic E-state index is 12.1. The molecule has 0 aliphatic heterocycles. The largest absolute Gasteiger partial charge is 0.393 e. The van der Waals surface area contributed by atoms with Crippen LogP contribution in [-0.2, 0) is 16.6 Å². The number of hydrogen-bond acceptors (Lipinski definition) is 4. The quantitative estimate of drug-likeness (QED) is 0.768. The molecule has 0 spiro atoms. The number of aliphatic hydroxyl groups excluding tert-OH is 1. The van der Waals surface area contributed by atoms with E-state index in [0.717, 1.165) is 5.56 Å². The van der Waals surface area contributed by atoms with Crippen LogP contribution in [-0.4, -0.2) is 36.0 Å². The van der Waals surface area contributed by atoms with E-state index < -0.39 is 16.1 Å².